The highest BCUT2D eigenvalue weighted by Crippen LogP contribution is 2.73. The zero-order valence-electron chi connectivity index (χ0n) is 9.68. The van der Waals surface area contributed by atoms with E-state index in [-0.39, 0.29) is 7.92 Å². The molecule has 0 N–H and O–H groups in total. The van der Waals surface area contributed by atoms with Crippen molar-refractivity contribution in [3.05, 3.63) is 0 Å². The summed E-state index contributed by atoms with van der Waals surface area (Å²) in [5.41, 5.74) is 0. The lowest BCUT2D eigenvalue weighted by atomic mass is 10.5. The van der Waals surface area contributed by atoms with Crippen LogP contribution in [0, 0.1) is 0 Å². The second-order valence-electron chi connectivity index (χ2n) is 5.30. The van der Waals surface area contributed by atoms with Crippen LogP contribution in [-0.4, -0.2) is 14.7 Å². The summed E-state index contributed by atoms with van der Waals surface area (Å²) in [6.07, 6.45) is 0. The average molecular weight is 256 g/mol. The second-order valence-corrected chi connectivity index (χ2v) is 15.2. The van der Waals surface area contributed by atoms with E-state index in [9.17, 15) is 0 Å². The summed E-state index contributed by atoms with van der Waals surface area (Å²) < 4.78 is 0. The van der Waals surface area contributed by atoms with Gasteiger partial charge in [0.25, 0.3) is 0 Å². The van der Waals surface area contributed by atoms with Gasteiger partial charge < -0.3 is 0 Å². The van der Waals surface area contributed by atoms with Crippen LogP contribution in [0.25, 0.3) is 0 Å². The van der Waals surface area contributed by atoms with Crippen LogP contribution in [0.15, 0.2) is 0 Å². The Kier molecular flexibility index (Phi) is 4.87. The molecule has 0 aliphatic rings. The molecule has 0 bridgehead atoms. The molecule has 0 fully saturated rings. The van der Waals surface area contributed by atoms with Crippen molar-refractivity contribution in [1.29, 1.82) is 0 Å². The molecule has 0 saturated carbocycles. The fourth-order valence-corrected chi connectivity index (χ4v) is 14.0. The highest BCUT2D eigenvalue weighted by molar-refractivity contribution is 7.78. The van der Waals surface area contributed by atoms with E-state index in [2.05, 4.69) is 69.3 Å². The Bertz CT molecular complexity index is 134. The van der Waals surface area contributed by atoms with Crippen molar-refractivity contribution in [2.24, 2.45) is 0 Å². The summed E-state index contributed by atoms with van der Waals surface area (Å²) >= 11 is 0. The molecule has 4 heteroatoms. The zero-order chi connectivity index (χ0) is 11.1. The Hall–Kier alpha value is 1.72. The van der Waals surface area contributed by atoms with E-state index in [4.69, 9.17) is 0 Å². The van der Waals surface area contributed by atoms with Gasteiger partial charge >= 0.3 is 0 Å². The molecular formula is C9H24P4. The molecule has 0 aliphatic heterocycles. The minimum absolute atomic E-state index is 0.0949. The first-order valence-electron chi connectivity index (χ1n) is 4.54. The SMILES string of the molecule is CC(C)(P)P(C(C)(C)P)C(C)(C)P. The summed E-state index contributed by atoms with van der Waals surface area (Å²) in [7, 11) is 8.93. The van der Waals surface area contributed by atoms with Gasteiger partial charge in [-0.1, -0.05) is 49.5 Å². The van der Waals surface area contributed by atoms with Gasteiger partial charge in [-0.15, -0.1) is 27.7 Å². The third-order valence-corrected chi connectivity index (χ3v) is 7.51. The second kappa shape index (κ2) is 4.30. The van der Waals surface area contributed by atoms with E-state index in [1.165, 1.54) is 0 Å². The Balaban J connectivity index is 5.02. The highest BCUT2D eigenvalue weighted by Gasteiger charge is 2.42. The molecule has 13 heavy (non-hydrogen) atoms. The van der Waals surface area contributed by atoms with Crippen molar-refractivity contribution in [3.8, 4) is 0 Å². The standard InChI is InChI=1S/C9H24P4/c1-7(2,10)13(8(3,4)11)9(5,6)12/h10-12H2,1-6H3. The summed E-state index contributed by atoms with van der Waals surface area (Å²) in [5.74, 6) is 0. The van der Waals surface area contributed by atoms with Crippen molar-refractivity contribution in [1.82, 2.24) is 0 Å². The van der Waals surface area contributed by atoms with Crippen LogP contribution in [0.5, 0.6) is 0 Å². The first kappa shape index (κ1) is 14.7. The van der Waals surface area contributed by atoms with Crippen LogP contribution in [0.4, 0.5) is 0 Å². The molecule has 3 unspecified atom stereocenters. The van der Waals surface area contributed by atoms with E-state index >= 15 is 0 Å². The first-order valence-corrected chi connectivity index (χ1v) is 7.61. The maximum Gasteiger partial charge on any atom is 0.000880 e. The van der Waals surface area contributed by atoms with E-state index < -0.39 is 0 Å². The number of hydrogen-bond donors (Lipinski definition) is 0. The van der Waals surface area contributed by atoms with Crippen LogP contribution >= 0.6 is 35.6 Å². The predicted octanol–water partition coefficient (Wildman–Crippen LogP) is 4.30. The fourth-order valence-electron chi connectivity index (χ4n) is 2.23. The smallest absolute Gasteiger partial charge is 0.000880 e. The molecule has 80 valence electrons. The molecule has 0 aromatic rings. The molecule has 0 heterocycles. The third kappa shape index (κ3) is 4.85. The van der Waals surface area contributed by atoms with Crippen molar-refractivity contribution in [2.75, 3.05) is 0 Å². The molecule has 0 spiro atoms. The van der Waals surface area contributed by atoms with Crippen LogP contribution in [-0.2, 0) is 0 Å². The Labute approximate surface area is 92.1 Å². The first-order chi connectivity index (χ1) is 5.37. The Morgan fingerprint density at radius 2 is 0.769 bits per heavy atom. The van der Waals surface area contributed by atoms with Gasteiger partial charge in [-0.25, -0.2) is 0 Å². The van der Waals surface area contributed by atoms with Gasteiger partial charge in [-0.2, -0.15) is 0 Å². The molecule has 0 radical (unpaired) electrons. The molecule has 0 amide bonds. The summed E-state index contributed by atoms with van der Waals surface area (Å²) in [6.45, 7) is 13.9. The Morgan fingerprint density at radius 3 is 0.769 bits per heavy atom. The molecule has 0 aromatic carbocycles. The molecule has 0 nitrogen and oxygen atoms in total. The normalized spacial score (nSPS) is 15.2. The van der Waals surface area contributed by atoms with Crippen molar-refractivity contribution in [2.45, 2.75) is 56.2 Å². The van der Waals surface area contributed by atoms with Gasteiger partial charge in [0.05, 0.1) is 0 Å². The summed E-state index contributed by atoms with van der Waals surface area (Å²) in [6, 6.07) is 0. The predicted molar refractivity (Wildman–Crippen MR) is 78.3 cm³/mol. The molecular weight excluding hydrogens is 232 g/mol. The van der Waals surface area contributed by atoms with Gasteiger partial charge in [-0.3, -0.25) is 0 Å². The minimum Gasteiger partial charge on any atom is -0.127 e. The van der Waals surface area contributed by atoms with E-state index in [1.54, 1.807) is 0 Å². The topological polar surface area (TPSA) is 0 Å². The number of hydrogen-bond acceptors (Lipinski definition) is 0. The molecule has 0 aromatic heterocycles. The quantitative estimate of drug-likeness (QED) is 0.660. The molecule has 0 aliphatic carbocycles. The van der Waals surface area contributed by atoms with Gasteiger partial charge in [0.15, 0.2) is 0 Å². The number of rotatable bonds is 3. The van der Waals surface area contributed by atoms with Gasteiger partial charge in [-0.05, 0) is 0 Å². The van der Waals surface area contributed by atoms with E-state index in [1.807, 2.05) is 0 Å². The van der Waals surface area contributed by atoms with Gasteiger partial charge in [0.1, 0.15) is 0 Å². The van der Waals surface area contributed by atoms with Crippen LogP contribution in [0.2, 0.25) is 0 Å². The maximum atomic E-state index is 3.01. The van der Waals surface area contributed by atoms with Crippen molar-refractivity contribution < 1.29 is 0 Å². The average Bonchev–Trinajstić information content (AvgIpc) is 1.44. The largest absolute Gasteiger partial charge is 0.127 e. The highest BCUT2D eigenvalue weighted by atomic mass is 31.2. The lowest BCUT2D eigenvalue weighted by molar-refractivity contribution is 0.858. The monoisotopic (exact) mass is 256 g/mol. The lowest BCUT2D eigenvalue weighted by Gasteiger charge is -2.49. The fraction of sp³-hybridized carbons (Fsp3) is 1.00. The minimum atomic E-state index is -0.0949. The van der Waals surface area contributed by atoms with E-state index in [0.29, 0.717) is 14.7 Å². The zero-order valence-corrected chi connectivity index (χ0v) is 14.0. The van der Waals surface area contributed by atoms with E-state index in [0.717, 1.165) is 0 Å². The molecule has 0 rings (SSSR count). The lowest BCUT2D eigenvalue weighted by Crippen LogP contribution is -2.29. The van der Waals surface area contributed by atoms with Gasteiger partial charge in [0, 0.05) is 14.7 Å². The van der Waals surface area contributed by atoms with Crippen molar-refractivity contribution >= 4 is 35.6 Å². The van der Waals surface area contributed by atoms with Crippen molar-refractivity contribution in [3.63, 3.8) is 0 Å². The van der Waals surface area contributed by atoms with Crippen LogP contribution < -0.4 is 0 Å². The summed E-state index contributed by atoms with van der Waals surface area (Å²) in [5, 5.41) is 0. The van der Waals surface area contributed by atoms with Crippen LogP contribution in [0.3, 0.4) is 0 Å². The van der Waals surface area contributed by atoms with Gasteiger partial charge in [0.2, 0.25) is 0 Å². The van der Waals surface area contributed by atoms with Crippen LogP contribution in [0.1, 0.15) is 41.5 Å². The Morgan fingerprint density at radius 1 is 0.615 bits per heavy atom. The molecule has 0 saturated heterocycles. The summed E-state index contributed by atoms with van der Waals surface area (Å²) in [4.78, 5) is 0.976. The third-order valence-electron chi connectivity index (χ3n) is 1.73. The maximum absolute atomic E-state index is 3.01. The molecule has 3 atom stereocenters.